The van der Waals surface area contributed by atoms with Gasteiger partial charge in [-0.05, 0) is 12.8 Å². The summed E-state index contributed by atoms with van der Waals surface area (Å²) >= 11 is 0. The fraction of sp³-hybridized carbons (Fsp3) is 0.800. The van der Waals surface area contributed by atoms with Gasteiger partial charge in [0, 0.05) is 13.0 Å². The Morgan fingerprint density at radius 1 is 1.20 bits per heavy atom. The Hall–Kier alpha value is -1.10. The quantitative estimate of drug-likeness (QED) is 0.587. The molecule has 3 N–H and O–H groups in total. The molecule has 0 aromatic rings. The van der Waals surface area contributed by atoms with Crippen LogP contribution in [-0.2, 0) is 9.59 Å². The Morgan fingerprint density at radius 3 is 2.07 bits per heavy atom. The van der Waals surface area contributed by atoms with Gasteiger partial charge in [0.25, 0.3) is 0 Å². The maximum absolute atomic E-state index is 11.7. The van der Waals surface area contributed by atoms with E-state index in [1.807, 2.05) is 13.8 Å². The van der Waals surface area contributed by atoms with Gasteiger partial charge in [0.15, 0.2) is 0 Å². The van der Waals surface area contributed by atoms with Crippen molar-refractivity contribution in [2.45, 2.75) is 39.8 Å². The third-order valence-corrected chi connectivity index (χ3v) is 1.97. The zero-order valence-electron chi connectivity index (χ0n) is 9.70. The molecular weight excluding hydrogens is 196 g/mol. The highest BCUT2D eigenvalue weighted by Crippen LogP contribution is 2.02. The maximum Gasteiger partial charge on any atom is 0.243 e. The molecule has 0 aliphatic rings. The fourth-order valence-electron chi connectivity index (χ4n) is 1.13. The van der Waals surface area contributed by atoms with E-state index in [9.17, 15) is 9.59 Å². The van der Waals surface area contributed by atoms with Crippen LogP contribution in [0.15, 0.2) is 0 Å². The summed E-state index contributed by atoms with van der Waals surface area (Å²) in [5, 5.41) is 14.0. The first-order valence-electron chi connectivity index (χ1n) is 5.06. The van der Waals surface area contributed by atoms with Crippen molar-refractivity contribution in [2.75, 3.05) is 6.61 Å². The van der Waals surface area contributed by atoms with Crippen LogP contribution in [-0.4, -0.2) is 35.6 Å². The first kappa shape index (κ1) is 13.9. The van der Waals surface area contributed by atoms with Gasteiger partial charge < -0.3 is 15.7 Å². The zero-order chi connectivity index (χ0) is 12.0. The minimum Gasteiger partial charge on any atom is -0.394 e. The summed E-state index contributed by atoms with van der Waals surface area (Å²) in [5.74, 6) is -0.484. The van der Waals surface area contributed by atoms with Gasteiger partial charge in [-0.3, -0.25) is 9.59 Å². The van der Waals surface area contributed by atoms with Crippen LogP contribution < -0.4 is 10.6 Å². The molecule has 1 unspecified atom stereocenters. The number of aliphatic hydroxyl groups excluding tert-OH is 1. The molecule has 5 nitrogen and oxygen atoms in total. The molecule has 0 saturated carbocycles. The predicted octanol–water partition coefficient (Wildman–Crippen LogP) is -0.356. The summed E-state index contributed by atoms with van der Waals surface area (Å²) in [6, 6.07) is -0.844. The molecule has 5 heteroatoms. The van der Waals surface area contributed by atoms with Crippen LogP contribution in [0.4, 0.5) is 0 Å². The van der Waals surface area contributed by atoms with Crippen LogP contribution in [0.2, 0.25) is 0 Å². The van der Waals surface area contributed by atoms with E-state index >= 15 is 0 Å². The molecule has 0 aromatic carbocycles. The van der Waals surface area contributed by atoms with E-state index in [1.54, 1.807) is 6.92 Å². The van der Waals surface area contributed by atoms with E-state index in [2.05, 4.69) is 10.6 Å². The van der Waals surface area contributed by atoms with Crippen molar-refractivity contribution < 1.29 is 14.7 Å². The number of hydrogen-bond acceptors (Lipinski definition) is 3. The van der Waals surface area contributed by atoms with Gasteiger partial charge in [-0.1, -0.05) is 13.8 Å². The van der Waals surface area contributed by atoms with E-state index < -0.39 is 6.04 Å². The van der Waals surface area contributed by atoms with Gasteiger partial charge in [-0.25, -0.2) is 0 Å². The van der Waals surface area contributed by atoms with E-state index in [1.165, 1.54) is 6.92 Å². The fourth-order valence-corrected chi connectivity index (χ4v) is 1.13. The molecular formula is C10H20N2O3. The maximum atomic E-state index is 11.7. The average molecular weight is 216 g/mol. The van der Waals surface area contributed by atoms with E-state index in [-0.39, 0.29) is 30.4 Å². The lowest BCUT2D eigenvalue weighted by molar-refractivity contribution is -0.129. The Bertz CT molecular complexity index is 229. The Morgan fingerprint density at radius 2 is 1.73 bits per heavy atom. The van der Waals surface area contributed by atoms with Crippen molar-refractivity contribution in [1.82, 2.24) is 10.6 Å². The molecule has 0 heterocycles. The molecule has 0 aromatic heterocycles. The highest BCUT2D eigenvalue weighted by molar-refractivity contribution is 5.87. The predicted molar refractivity (Wildman–Crippen MR) is 57.1 cm³/mol. The molecule has 0 saturated heterocycles. The van der Waals surface area contributed by atoms with E-state index in [0.29, 0.717) is 0 Å². The summed E-state index contributed by atoms with van der Waals surface area (Å²) in [7, 11) is 0. The Balaban J connectivity index is 4.35. The van der Waals surface area contributed by atoms with Gasteiger partial charge in [0.2, 0.25) is 11.8 Å². The summed E-state index contributed by atoms with van der Waals surface area (Å²) in [4.78, 5) is 22.5. The van der Waals surface area contributed by atoms with Crippen molar-refractivity contribution in [3.05, 3.63) is 0 Å². The SMILES string of the molecule is CC(=O)NC(C(=O)N[C@H](C)CO)C(C)C. The third-order valence-electron chi connectivity index (χ3n) is 1.97. The summed E-state index contributed by atoms with van der Waals surface area (Å²) < 4.78 is 0. The van der Waals surface area contributed by atoms with E-state index in [0.717, 1.165) is 0 Å². The summed E-state index contributed by atoms with van der Waals surface area (Å²) in [6.45, 7) is 6.66. The van der Waals surface area contributed by atoms with Gasteiger partial charge in [0.1, 0.15) is 6.04 Å². The molecule has 0 bridgehead atoms. The van der Waals surface area contributed by atoms with Crippen LogP contribution in [0.1, 0.15) is 27.7 Å². The minimum atomic E-state index is -0.545. The monoisotopic (exact) mass is 216 g/mol. The van der Waals surface area contributed by atoms with Crippen molar-refractivity contribution in [3.8, 4) is 0 Å². The van der Waals surface area contributed by atoms with Gasteiger partial charge in [-0.15, -0.1) is 0 Å². The second kappa shape index (κ2) is 6.40. The van der Waals surface area contributed by atoms with Gasteiger partial charge in [-0.2, -0.15) is 0 Å². The van der Waals surface area contributed by atoms with Crippen LogP contribution in [0.25, 0.3) is 0 Å². The highest BCUT2D eigenvalue weighted by Gasteiger charge is 2.23. The molecule has 2 amide bonds. The van der Waals surface area contributed by atoms with Crippen LogP contribution >= 0.6 is 0 Å². The summed E-state index contributed by atoms with van der Waals surface area (Å²) in [6.07, 6.45) is 0. The Kier molecular flexibility index (Phi) is 5.93. The normalized spacial score (nSPS) is 14.5. The molecule has 0 spiro atoms. The largest absolute Gasteiger partial charge is 0.394 e. The average Bonchev–Trinajstić information content (AvgIpc) is 2.12. The smallest absolute Gasteiger partial charge is 0.243 e. The number of carbonyl (C=O) groups excluding carboxylic acids is 2. The van der Waals surface area contributed by atoms with Crippen LogP contribution in [0, 0.1) is 5.92 Å². The molecule has 0 aliphatic heterocycles. The lowest BCUT2D eigenvalue weighted by Gasteiger charge is -2.22. The standard InChI is InChI=1S/C10H20N2O3/c1-6(2)9(12-8(4)14)10(15)11-7(3)5-13/h6-7,9,13H,5H2,1-4H3,(H,11,15)(H,12,14)/t7-,9?/m1/s1. The molecule has 2 atom stereocenters. The van der Waals surface area contributed by atoms with Crippen LogP contribution in [0.3, 0.4) is 0 Å². The first-order valence-corrected chi connectivity index (χ1v) is 5.06. The van der Waals surface area contributed by atoms with Crippen molar-refractivity contribution in [2.24, 2.45) is 5.92 Å². The first-order chi connectivity index (χ1) is 6.88. The topological polar surface area (TPSA) is 78.4 Å². The Labute approximate surface area is 90.2 Å². The molecule has 0 rings (SSSR count). The molecule has 0 aliphatic carbocycles. The van der Waals surface area contributed by atoms with E-state index in [4.69, 9.17) is 5.11 Å². The zero-order valence-corrected chi connectivity index (χ0v) is 9.70. The minimum absolute atomic E-state index is 0.0137. The van der Waals surface area contributed by atoms with Crippen molar-refractivity contribution in [1.29, 1.82) is 0 Å². The van der Waals surface area contributed by atoms with Gasteiger partial charge >= 0.3 is 0 Å². The van der Waals surface area contributed by atoms with Crippen LogP contribution in [0.5, 0.6) is 0 Å². The number of amides is 2. The summed E-state index contributed by atoms with van der Waals surface area (Å²) in [5.41, 5.74) is 0. The number of hydrogen-bond donors (Lipinski definition) is 3. The number of rotatable bonds is 5. The lowest BCUT2D eigenvalue weighted by atomic mass is 10.0. The molecule has 0 fully saturated rings. The number of carbonyl (C=O) groups is 2. The number of aliphatic hydroxyl groups is 1. The third kappa shape index (κ3) is 5.37. The second-order valence-electron chi connectivity index (χ2n) is 4.01. The molecule has 88 valence electrons. The van der Waals surface area contributed by atoms with Gasteiger partial charge in [0.05, 0.1) is 6.61 Å². The van der Waals surface area contributed by atoms with Crippen molar-refractivity contribution in [3.63, 3.8) is 0 Å². The second-order valence-corrected chi connectivity index (χ2v) is 4.01. The highest BCUT2D eigenvalue weighted by atomic mass is 16.3. The molecule has 15 heavy (non-hydrogen) atoms. The van der Waals surface area contributed by atoms with Crippen molar-refractivity contribution >= 4 is 11.8 Å². The lowest BCUT2D eigenvalue weighted by Crippen LogP contribution is -2.51. The number of nitrogens with one attached hydrogen (secondary N) is 2. The molecule has 0 radical (unpaired) electrons.